The minimum absolute atomic E-state index is 0.0533. The zero-order valence-electron chi connectivity index (χ0n) is 14.1. The fourth-order valence-electron chi connectivity index (χ4n) is 3.71. The van der Waals surface area contributed by atoms with Crippen molar-refractivity contribution in [1.82, 2.24) is 9.88 Å². The minimum atomic E-state index is 0.0533. The number of hydrogen-bond acceptors (Lipinski definition) is 5. The molecule has 2 aromatic rings. The van der Waals surface area contributed by atoms with Gasteiger partial charge >= 0.3 is 0 Å². The van der Waals surface area contributed by atoms with Crippen molar-refractivity contribution in [2.24, 2.45) is 5.41 Å². The third-order valence-corrected chi connectivity index (χ3v) is 5.22. The predicted molar refractivity (Wildman–Crippen MR) is 90.4 cm³/mol. The highest BCUT2D eigenvalue weighted by Gasteiger charge is 2.43. The number of hydrogen-bond donors (Lipinski definition) is 0. The Morgan fingerprint density at radius 1 is 1.32 bits per heavy atom. The van der Waals surface area contributed by atoms with Crippen LogP contribution in [0.25, 0.3) is 0 Å². The summed E-state index contributed by atoms with van der Waals surface area (Å²) in [5.74, 6) is 0.685. The molecule has 0 unspecified atom stereocenters. The Balaban J connectivity index is 1.28. The van der Waals surface area contributed by atoms with Gasteiger partial charge in [0.1, 0.15) is 12.9 Å². The maximum Gasteiger partial charge on any atom is 0.257 e. The molecule has 2 saturated heterocycles. The van der Waals surface area contributed by atoms with Crippen molar-refractivity contribution in [3.05, 3.63) is 48.6 Å². The van der Waals surface area contributed by atoms with E-state index in [9.17, 15) is 4.79 Å². The van der Waals surface area contributed by atoms with Crippen LogP contribution in [-0.4, -0.2) is 48.2 Å². The first-order valence-corrected chi connectivity index (χ1v) is 8.71. The van der Waals surface area contributed by atoms with Crippen molar-refractivity contribution in [2.45, 2.75) is 25.4 Å². The van der Waals surface area contributed by atoms with Crippen molar-refractivity contribution < 1.29 is 18.7 Å². The fourth-order valence-corrected chi connectivity index (χ4v) is 3.71. The summed E-state index contributed by atoms with van der Waals surface area (Å²) >= 11 is 0. The average Bonchev–Trinajstić information content (AvgIpc) is 3.32. The Kier molecular flexibility index (Phi) is 4.44. The zero-order valence-corrected chi connectivity index (χ0v) is 14.1. The molecule has 4 rings (SSSR count). The number of nitrogens with zero attached hydrogens (tertiary/aromatic N) is 2. The van der Waals surface area contributed by atoms with Gasteiger partial charge in [0.05, 0.1) is 24.5 Å². The van der Waals surface area contributed by atoms with E-state index in [2.05, 4.69) is 4.98 Å². The van der Waals surface area contributed by atoms with Crippen molar-refractivity contribution in [1.29, 1.82) is 0 Å². The Labute approximate surface area is 146 Å². The number of likely N-dealkylation sites (tertiary alicyclic amines) is 1. The van der Waals surface area contributed by atoms with Crippen LogP contribution in [-0.2, 0) is 4.74 Å². The van der Waals surface area contributed by atoms with Gasteiger partial charge in [0.25, 0.3) is 5.91 Å². The van der Waals surface area contributed by atoms with Crippen molar-refractivity contribution >= 4 is 5.91 Å². The molecule has 1 spiro atoms. The summed E-state index contributed by atoms with van der Waals surface area (Å²) in [6.45, 7) is 2.80. The predicted octanol–water partition coefficient (Wildman–Crippen LogP) is 2.76. The first kappa shape index (κ1) is 16.1. The highest BCUT2D eigenvalue weighted by Crippen LogP contribution is 2.42. The molecule has 0 aromatic carbocycles. The van der Waals surface area contributed by atoms with Crippen molar-refractivity contribution in [2.75, 3.05) is 26.3 Å². The van der Waals surface area contributed by atoms with E-state index in [1.807, 2.05) is 23.1 Å². The van der Waals surface area contributed by atoms with E-state index in [0.717, 1.165) is 39.0 Å². The molecule has 2 fully saturated rings. The summed E-state index contributed by atoms with van der Waals surface area (Å²) in [4.78, 5) is 18.5. The van der Waals surface area contributed by atoms with Gasteiger partial charge < -0.3 is 18.8 Å². The van der Waals surface area contributed by atoms with Gasteiger partial charge in [-0.05, 0) is 36.8 Å². The maximum absolute atomic E-state index is 12.4. The van der Waals surface area contributed by atoms with Crippen molar-refractivity contribution in [3.63, 3.8) is 0 Å². The van der Waals surface area contributed by atoms with Crippen molar-refractivity contribution in [3.8, 4) is 5.88 Å². The normalized spacial score (nSPS) is 22.2. The van der Waals surface area contributed by atoms with Gasteiger partial charge in [0, 0.05) is 25.4 Å². The minimum Gasteiger partial charge on any atom is -0.475 e. The Morgan fingerprint density at radius 2 is 2.20 bits per heavy atom. The average molecular weight is 342 g/mol. The molecule has 1 atom stereocenters. The summed E-state index contributed by atoms with van der Waals surface area (Å²) in [6.07, 6.45) is 7.78. The van der Waals surface area contributed by atoms with E-state index in [-0.39, 0.29) is 17.4 Å². The Morgan fingerprint density at radius 3 is 2.92 bits per heavy atom. The van der Waals surface area contributed by atoms with Gasteiger partial charge in [-0.2, -0.15) is 0 Å². The van der Waals surface area contributed by atoms with Crippen LogP contribution in [0.15, 0.2) is 47.4 Å². The van der Waals surface area contributed by atoms with Crippen LogP contribution in [0.2, 0.25) is 0 Å². The number of rotatable bonds is 4. The molecule has 0 N–H and O–H groups in total. The molecule has 0 saturated carbocycles. The number of amides is 1. The highest BCUT2D eigenvalue weighted by atomic mass is 16.5. The fraction of sp³-hybridized carbons (Fsp3) is 0.474. The lowest BCUT2D eigenvalue weighted by Gasteiger charge is -2.38. The molecule has 6 heteroatoms. The Bertz CT molecular complexity index is 693. The highest BCUT2D eigenvalue weighted by molar-refractivity contribution is 5.93. The van der Waals surface area contributed by atoms with Gasteiger partial charge in [0.15, 0.2) is 0 Å². The zero-order chi connectivity index (χ0) is 17.1. The lowest BCUT2D eigenvalue weighted by atomic mass is 9.76. The molecule has 1 amide bonds. The molecule has 0 radical (unpaired) electrons. The summed E-state index contributed by atoms with van der Waals surface area (Å²) in [6, 6.07) is 7.35. The molecule has 4 heterocycles. The maximum atomic E-state index is 12.4. The van der Waals surface area contributed by atoms with E-state index < -0.39 is 0 Å². The molecule has 25 heavy (non-hydrogen) atoms. The first-order valence-electron chi connectivity index (χ1n) is 8.71. The van der Waals surface area contributed by atoms with Gasteiger partial charge in [0.2, 0.25) is 5.88 Å². The van der Waals surface area contributed by atoms with E-state index in [0.29, 0.717) is 18.1 Å². The molecule has 2 aliphatic rings. The van der Waals surface area contributed by atoms with Gasteiger partial charge in [-0.1, -0.05) is 6.07 Å². The summed E-state index contributed by atoms with van der Waals surface area (Å²) in [5.41, 5.74) is 0.797. The van der Waals surface area contributed by atoms with Gasteiger partial charge in [-0.25, -0.2) is 4.98 Å². The number of carbonyl (C=O) groups is 1. The van der Waals surface area contributed by atoms with Crippen LogP contribution in [0.1, 0.15) is 29.6 Å². The smallest absolute Gasteiger partial charge is 0.257 e. The number of pyridine rings is 1. The lowest BCUT2D eigenvalue weighted by Crippen LogP contribution is -2.43. The summed E-state index contributed by atoms with van der Waals surface area (Å²) in [5, 5.41) is 0. The molecule has 2 aliphatic heterocycles. The third-order valence-electron chi connectivity index (χ3n) is 5.22. The number of ether oxygens (including phenoxy) is 2. The Hall–Kier alpha value is -2.34. The number of piperidine rings is 1. The molecule has 6 nitrogen and oxygen atoms in total. The summed E-state index contributed by atoms with van der Waals surface area (Å²) in [7, 11) is 0. The second-order valence-corrected chi connectivity index (χ2v) is 6.92. The molecule has 2 aromatic heterocycles. The molecule has 0 bridgehead atoms. The number of aromatic nitrogens is 1. The quantitative estimate of drug-likeness (QED) is 0.855. The first-order chi connectivity index (χ1) is 12.2. The van der Waals surface area contributed by atoms with Crippen LogP contribution in [0.5, 0.6) is 5.88 Å². The largest absolute Gasteiger partial charge is 0.475 e. The second kappa shape index (κ2) is 6.88. The van der Waals surface area contributed by atoms with Crippen LogP contribution < -0.4 is 4.74 Å². The van der Waals surface area contributed by atoms with Gasteiger partial charge in [-0.15, -0.1) is 0 Å². The van der Waals surface area contributed by atoms with Crippen LogP contribution in [0.3, 0.4) is 0 Å². The van der Waals surface area contributed by atoms with E-state index in [1.165, 1.54) is 12.5 Å². The van der Waals surface area contributed by atoms with Crippen LogP contribution >= 0.6 is 0 Å². The van der Waals surface area contributed by atoms with E-state index >= 15 is 0 Å². The van der Waals surface area contributed by atoms with Crippen LogP contribution in [0, 0.1) is 5.41 Å². The number of furan rings is 1. The topological polar surface area (TPSA) is 64.8 Å². The van der Waals surface area contributed by atoms with E-state index in [1.54, 1.807) is 12.3 Å². The molecular formula is C19H22N2O4. The second-order valence-electron chi connectivity index (χ2n) is 6.92. The monoisotopic (exact) mass is 342 g/mol. The molecule has 0 aliphatic carbocycles. The van der Waals surface area contributed by atoms with E-state index in [4.69, 9.17) is 13.9 Å². The van der Waals surface area contributed by atoms with Gasteiger partial charge in [-0.3, -0.25) is 4.79 Å². The third kappa shape index (κ3) is 3.54. The number of carbonyl (C=O) groups excluding carboxylic acids is 1. The standard InChI is InChI=1S/C19H22N2O4/c22-18(15-4-10-23-12-15)21-8-5-19(6-9-21)11-16(25-14-19)13-24-17-3-1-2-7-20-17/h1-4,7,10,12,16H,5-6,8-9,11,13-14H2/t16-/m1/s1. The SMILES string of the molecule is O=C(c1ccoc1)N1CCC2(CC1)CO[C@@H](COc1ccccn1)C2. The summed E-state index contributed by atoms with van der Waals surface area (Å²) < 4.78 is 16.7. The molecule has 132 valence electrons. The van der Waals surface area contributed by atoms with Crippen LogP contribution in [0.4, 0.5) is 0 Å². The molecular weight excluding hydrogens is 320 g/mol. The lowest BCUT2D eigenvalue weighted by molar-refractivity contribution is 0.0422.